The number of nitrogens with two attached hydrogens (primary N) is 1. The highest BCUT2D eigenvalue weighted by Crippen LogP contribution is 2.29. The molecule has 1 aromatic carbocycles. The standard InChI is InChI=1S/C19H24N6/c20-19(15-3-6-21-7-4-15)5-8-22-13-18(19)25-12-14-1-2-16-17(11-14)24-10-9-23-16/h1-2,5,8-11,13,15,18,21,25H,3-4,6-7,12,20H2. The first kappa shape index (κ1) is 16.3. The first-order valence-corrected chi connectivity index (χ1v) is 8.89. The van der Waals surface area contributed by atoms with Crippen molar-refractivity contribution in [2.75, 3.05) is 13.1 Å². The van der Waals surface area contributed by atoms with E-state index in [4.69, 9.17) is 5.73 Å². The maximum Gasteiger partial charge on any atom is 0.0890 e. The predicted octanol–water partition coefficient (Wildman–Crippen LogP) is 1.38. The molecule has 4 rings (SSSR count). The van der Waals surface area contributed by atoms with Crippen LogP contribution in [0.5, 0.6) is 0 Å². The predicted molar refractivity (Wildman–Crippen MR) is 100 cm³/mol. The van der Waals surface area contributed by atoms with Crippen molar-refractivity contribution < 1.29 is 0 Å². The van der Waals surface area contributed by atoms with Gasteiger partial charge in [-0.2, -0.15) is 0 Å². The van der Waals surface area contributed by atoms with Gasteiger partial charge in [-0.15, -0.1) is 0 Å². The average Bonchev–Trinajstić information content (AvgIpc) is 2.68. The van der Waals surface area contributed by atoms with Crippen LogP contribution in [0.4, 0.5) is 0 Å². The summed E-state index contributed by atoms with van der Waals surface area (Å²) >= 11 is 0. The van der Waals surface area contributed by atoms with Gasteiger partial charge in [-0.05, 0) is 55.6 Å². The highest BCUT2D eigenvalue weighted by molar-refractivity contribution is 5.74. The summed E-state index contributed by atoms with van der Waals surface area (Å²) in [4.78, 5) is 13.0. The molecule has 0 spiro atoms. The van der Waals surface area contributed by atoms with Crippen molar-refractivity contribution in [2.45, 2.75) is 31.0 Å². The third-order valence-electron chi connectivity index (χ3n) is 5.33. The summed E-state index contributed by atoms with van der Waals surface area (Å²) in [6.07, 6.45) is 11.5. The lowest BCUT2D eigenvalue weighted by molar-refractivity contribution is 0.231. The second kappa shape index (κ2) is 7.00. The van der Waals surface area contributed by atoms with Crippen molar-refractivity contribution >= 4 is 17.2 Å². The molecule has 2 aliphatic heterocycles. The van der Waals surface area contributed by atoms with Gasteiger partial charge in [-0.3, -0.25) is 15.0 Å². The smallest absolute Gasteiger partial charge is 0.0890 e. The van der Waals surface area contributed by atoms with Crippen LogP contribution in [0.1, 0.15) is 18.4 Å². The van der Waals surface area contributed by atoms with E-state index < -0.39 is 0 Å². The van der Waals surface area contributed by atoms with Crippen molar-refractivity contribution in [3.8, 4) is 0 Å². The Morgan fingerprint density at radius 3 is 2.80 bits per heavy atom. The molecule has 0 radical (unpaired) electrons. The van der Waals surface area contributed by atoms with Gasteiger partial charge in [0, 0.05) is 31.4 Å². The normalized spacial score (nSPS) is 27.0. The molecule has 130 valence electrons. The van der Waals surface area contributed by atoms with E-state index in [1.807, 2.05) is 18.5 Å². The SMILES string of the molecule is NC1(C2CCNCC2)C=CN=CC1NCc1ccc2nccnc2c1. The van der Waals surface area contributed by atoms with E-state index in [1.165, 1.54) is 5.56 Å². The summed E-state index contributed by atoms with van der Waals surface area (Å²) < 4.78 is 0. The molecule has 2 unspecified atom stereocenters. The second-order valence-corrected chi connectivity index (χ2v) is 6.88. The molecule has 25 heavy (non-hydrogen) atoms. The molecular weight excluding hydrogens is 312 g/mol. The van der Waals surface area contributed by atoms with Crippen LogP contribution in [0.3, 0.4) is 0 Å². The highest BCUT2D eigenvalue weighted by atomic mass is 15.0. The summed E-state index contributed by atoms with van der Waals surface area (Å²) in [7, 11) is 0. The van der Waals surface area contributed by atoms with Gasteiger partial charge in [0.1, 0.15) is 0 Å². The van der Waals surface area contributed by atoms with Gasteiger partial charge >= 0.3 is 0 Å². The third kappa shape index (κ3) is 3.33. The number of piperidine rings is 1. The Kier molecular flexibility index (Phi) is 4.57. The molecule has 6 nitrogen and oxygen atoms in total. The molecule has 0 bridgehead atoms. The van der Waals surface area contributed by atoms with E-state index in [0.29, 0.717) is 5.92 Å². The van der Waals surface area contributed by atoms with Gasteiger partial charge in [0.2, 0.25) is 0 Å². The zero-order valence-corrected chi connectivity index (χ0v) is 14.2. The van der Waals surface area contributed by atoms with Crippen LogP contribution < -0.4 is 16.4 Å². The molecule has 0 amide bonds. The Balaban J connectivity index is 1.49. The number of aliphatic imine (C=N–C) groups is 1. The molecule has 1 aromatic heterocycles. The lowest BCUT2D eigenvalue weighted by Crippen LogP contribution is -2.63. The van der Waals surface area contributed by atoms with Crippen LogP contribution in [0.15, 0.2) is 47.9 Å². The Labute approximate surface area is 147 Å². The molecule has 0 aliphatic carbocycles. The summed E-state index contributed by atoms with van der Waals surface area (Å²) in [5.41, 5.74) is 9.45. The second-order valence-electron chi connectivity index (χ2n) is 6.88. The van der Waals surface area contributed by atoms with Crippen molar-refractivity contribution in [3.63, 3.8) is 0 Å². The number of benzene rings is 1. The molecule has 0 saturated carbocycles. The van der Waals surface area contributed by atoms with Gasteiger partial charge in [-0.25, -0.2) is 0 Å². The van der Waals surface area contributed by atoms with E-state index in [1.54, 1.807) is 12.4 Å². The van der Waals surface area contributed by atoms with E-state index in [0.717, 1.165) is 43.5 Å². The largest absolute Gasteiger partial charge is 0.320 e. The number of rotatable bonds is 4. The Morgan fingerprint density at radius 1 is 1.16 bits per heavy atom. The van der Waals surface area contributed by atoms with Crippen LogP contribution in [0.25, 0.3) is 11.0 Å². The first-order valence-electron chi connectivity index (χ1n) is 8.89. The van der Waals surface area contributed by atoms with Gasteiger partial charge in [-0.1, -0.05) is 6.07 Å². The topological polar surface area (TPSA) is 88.2 Å². The van der Waals surface area contributed by atoms with E-state index in [-0.39, 0.29) is 11.6 Å². The Hall–Kier alpha value is -2.15. The molecule has 1 fully saturated rings. The van der Waals surface area contributed by atoms with Crippen molar-refractivity contribution in [1.29, 1.82) is 0 Å². The number of fused-ring (bicyclic) bond motifs is 1. The summed E-state index contributed by atoms with van der Waals surface area (Å²) in [6.45, 7) is 2.79. The van der Waals surface area contributed by atoms with Crippen LogP contribution in [0.2, 0.25) is 0 Å². The first-order chi connectivity index (χ1) is 12.3. The number of nitrogens with one attached hydrogen (secondary N) is 2. The number of aromatic nitrogens is 2. The van der Waals surface area contributed by atoms with Gasteiger partial charge in [0.15, 0.2) is 0 Å². The highest BCUT2D eigenvalue weighted by Gasteiger charge is 2.40. The van der Waals surface area contributed by atoms with E-state index in [9.17, 15) is 0 Å². The fourth-order valence-corrected chi connectivity index (χ4v) is 3.83. The van der Waals surface area contributed by atoms with Gasteiger partial charge in [0.25, 0.3) is 0 Å². The Morgan fingerprint density at radius 2 is 1.96 bits per heavy atom. The molecule has 2 atom stereocenters. The fourth-order valence-electron chi connectivity index (χ4n) is 3.83. The minimum atomic E-state index is -0.388. The molecule has 2 aliphatic rings. The molecule has 6 heteroatoms. The van der Waals surface area contributed by atoms with Crippen molar-refractivity contribution in [2.24, 2.45) is 16.6 Å². The summed E-state index contributed by atoms with van der Waals surface area (Å²) in [6, 6.07) is 6.20. The van der Waals surface area contributed by atoms with Crippen molar-refractivity contribution in [3.05, 3.63) is 48.4 Å². The molecule has 2 aromatic rings. The van der Waals surface area contributed by atoms with E-state index in [2.05, 4.69) is 43.8 Å². The van der Waals surface area contributed by atoms with Crippen LogP contribution in [0, 0.1) is 5.92 Å². The number of hydrogen-bond acceptors (Lipinski definition) is 6. The molecule has 3 heterocycles. The third-order valence-corrected chi connectivity index (χ3v) is 5.33. The van der Waals surface area contributed by atoms with Crippen LogP contribution in [-0.2, 0) is 6.54 Å². The van der Waals surface area contributed by atoms with Gasteiger partial charge < -0.3 is 16.4 Å². The minimum absolute atomic E-state index is 0.0261. The lowest BCUT2D eigenvalue weighted by Gasteiger charge is -2.43. The van der Waals surface area contributed by atoms with Crippen molar-refractivity contribution in [1.82, 2.24) is 20.6 Å². The zero-order chi connectivity index (χ0) is 17.1. The van der Waals surface area contributed by atoms with Crippen LogP contribution >= 0.6 is 0 Å². The number of hydrogen-bond donors (Lipinski definition) is 3. The lowest BCUT2D eigenvalue weighted by atomic mass is 9.73. The number of nitrogens with zero attached hydrogens (tertiary/aromatic N) is 3. The van der Waals surface area contributed by atoms with E-state index >= 15 is 0 Å². The monoisotopic (exact) mass is 336 g/mol. The molecule has 1 saturated heterocycles. The average molecular weight is 336 g/mol. The fraction of sp³-hybridized carbons (Fsp3) is 0.421. The quantitative estimate of drug-likeness (QED) is 0.785. The maximum absolute atomic E-state index is 6.84. The summed E-state index contributed by atoms with van der Waals surface area (Å²) in [5, 5.41) is 7.01. The molecular formula is C19H24N6. The molecule has 4 N–H and O–H groups in total. The summed E-state index contributed by atoms with van der Waals surface area (Å²) in [5.74, 6) is 0.455. The zero-order valence-electron chi connectivity index (χ0n) is 14.2. The maximum atomic E-state index is 6.84. The Bertz CT molecular complexity index is 795. The van der Waals surface area contributed by atoms with Gasteiger partial charge in [0.05, 0.1) is 22.6 Å². The van der Waals surface area contributed by atoms with Crippen LogP contribution in [-0.4, -0.2) is 40.9 Å². The minimum Gasteiger partial charge on any atom is -0.320 e.